The quantitative estimate of drug-likeness (QED) is 0.163. The zero-order valence-electron chi connectivity index (χ0n) is 33.3. The summed E-state index contributed by atoms with van der Waals surface area (Å²) in [5, 5.41) is 2.36. The maximum Gasteiger partial charge on any atom is 0.164 e. The second-order valence-electron chi connectivity index (χ2n) is 17.4. The van der Waals surface area contributed by atoms with Crippen LogP contribution in [-0.2, 0) is 17.3 Å². The van der Waals surface area contributed by atoms with Gasteiger partial charge in [0.1, 0.15) is 0 Å². The van der Waals surface area contributed by atoms with E-state index >= 15 is 0 Å². The first-order valence-corrected chi connectivity index (χ1v) is 20.5. The molecule has 0 N–H and O–H groups in total. The van der Waals surface area contributed by atoms with Crippen LogP contribution in [0.25, 0.3) is 67.2 Å². The number of hydrogen-bond donors (Lipinski definition) is 0. The van der Waals surface area contributed by atoms with Crippen LogP contribution in [0.15, 0.2) is 158 Å². The summed E-state index contributed by atoms with van der Waals surface area (Å²) in [7, 11) is 0. The molecule has 57 heavy (non-hydrogen) atoms. The van der Waals surface area contributed by atoms with E-state index in [0.29, 0.717) is 23.4 Å². The van der Waals surface area contributed by atoms with Crippen molar-refractivity contribution < 1.29 is 0 Å². The minimum atomic E-state index is 0.184. The van der Waals surface area contributed by atoms with Gasteiger partial charge in [0, 0.05) is 22.6 Å². The van der Waals surface area contributed by atoms with Gasteiger partial charge in [0.25, 0.3) is 0 Å². The van der Waals surface area contributed by atoms with Crippen molar-refractivity contribution in [2.75, 3.05) is 0 Å². The minimum Gasteiger partial charge on any atom is -0.208 e. The molecular formula is C54H47N3. The molecule has 1 heterocycles. The monoisotopic (exact) mass is 737 g/mol. The van der Waals surface area contributed by atoms with Crippen LogP contribution in [0, 0.1) is 0 Å². The van der Waals surface area contributed by atoms with Crippen LogP contribution < -0.4 is 0 Å². The summed E-state index contributed by atoms with van der Waals surface area (Å²) < 4.78 is 0. The topological polar surface area (TPSA) is 38.7 Å². The van der Waals surface area contributed by atoms with Crippen LogP contribution in [-0.4, -0.2) is 15.0 Å². The second kappa shape index (κ2) is 13.8. The molecule has 3 heteroatoms. The summed E-state index contributed by atoms with van der Waals surface area (Å²) in [4.78, 5) is 15.2. The lowest BCUT2D eigenvalue weighted by Gasteiger charge is -2.42. The zero-order chi connectivity index (χ0) is 38.7. The van der Waals surface area contributed by atoms with Crippen molar-refractivity contribution in [1.82, 2.24) is 15.0 Å². The average Bonchev–Trinajstić information content (AvgIpc) is 3.57. The molecule has 2 aliphatic carbocycles. The molecule has 0 amide bonds. The van der Waals surface area contributed by atoms with Crippen LogP contribution in [0.5, 0.6) is 0 Å². The van der Waals surface area contributed by atoms with E-state index in [-0.39, 0.29) is 10.8 Å². The Morgan fingerprint density at radius 3 is 1.67 bits per heavy atom. The molecule has 0 fully saturated rings. The largest absolute Gasteiger partial charge is 0.208 e. The highest BCUT2D eigenvalue weighted by molar-refractivity contribution is 5.87. The van der Waals surface area contributed by atoms with Crippen molar-refractivity contribution in [1.29, 1.82) is 0 Å². The molecule has 0 saturated heterocycles. The van der Waals surface area contributed by atoms with Crippen molar-refractivity contribution in [3.05, 3.63) is 186 Å². The van der Waals surface area contributed by atoms with Gasteiger partial charge in [-0.1, -0.05) is 179 Å². The van der Waals surface area contributed by atoms with Gasteiger partial charge >= 0.3 is 0 Å². The van der Waals surface area contributed by atoms with E-state index in [9.17, 15) is 0 Å². The number of nitrogens with zero attached hydrogens (tertiary/aromatic N) is 3. The summed E-state index contributed by atoms with van der Waals surface area (Å²) in [6.45, 7) is 9.74. The molecule has 0 radical (unpaired) electrons. The molecule has 1 aromatic heterocycles. The molecule has 278 valence electrons. The number of hydrogen-bond acceptors (Lipinski definition) is 3. The van der Waals surface area contributed by atoms with Crippen LogP contribution in [0.4, 0.5) is 0 Å². The van der Waals surface area contributed by atoms with Crippen molar-refractivity contribution in [2.45, 2.75) is 70.1 Å². The molecule has 1 unspecified atom stereocenters. The van der Waals surface area contributed by atoms with Gasteiger partial charge in [0.05, 0.1) is 0 Å². The van der Waals surface area contributed by atoms with E-state index in [1.54, 1.807) is 5.56 Å². The van der Waals surface area contributed by atoms with Gasteiger partial charge in [-0.05, 0) is 103 Å². The van der Waals surface area contributed by atoms with E-state index in [1.807, 2.05) is 6.07 Å². The Kier molecular flexibility index (Phi) is 8.52. The molecular weight excluding hydrogens is 691 g/mol. The molecule has 0 spiro atoms. The Morgan fingerprint density at radius 2 is 0.965 bits per heavy atom. The Morgan fingerprint density at radius 1 is 0.439 bits per heavy atom. The Bertz CT molecular complexity index is 2780. The predicted molar refractivity (Wildman–Crippen MR) is 236 cm³/mol. The minimum absolute atomic E-state index is 0.184. The summed E-state index contributed by atoms with van der Waals surface area (Å²) >= 11 is 0. The first-order valence-electron chi connectivity index (χ1n) is 20.5. The van der Waals surface area contributed by atoms with E-state index in [2.05, 4.69) is 179 Å². The fraction of sp³-hybridized carbons (Fsp3) is 0.204. The Balaban J connectivity index is 0.970. The van der Waals surface area contributed by atoms with E-state index < -0.39 is 0 Å². The zero-order valence-corrected chi connectivity index (χ0v) is 33.3. The number of rotatable bonds is 7. The smallest absolute Gasteiger partial charge is 0.164 e. The molecule has 10 rings (SSSR count). The molecule has 3 nitrogen and oxygen atoms in total. The highest BCUT2D eigenvalue weighted by Crippen LogP contribution is 2.53. The molecule has 7 aromatic carbocycles. The summed E-state index contributed by atoms with van der Waals surface area (Å²) in [5.41, 5.74) is 15.9. The van der Waals surface area contributed by atoms with Gasteiger partial charge in [-0.25, -0.2) is 15.0 Å². The van der Waals surface area contributed by atoms with E-state index in [0.717, 1.165) is 40.5 Å². The van der Waals surface area contributed by atoms with Crippen LogP contribution in [0.3, 0.4) is 0 Å². The third kappa shape index (κ3) is 6.45. The lowest BCUT2D eigenvalue weighted by atomic mass is 9.62. The van der Waals surface area contributed by atoms with Gasteiger partial charge < -0.3 is 0 Å². The SMILES string of the molecule is CC1(C)CCC(C)(C)c2cc3c(cc21)-c1ccccc1C3CCc1ccc(-c2nc(-c3ccc(-c4ccccc4)cc3)nc(-c3ccc4ccccc4c3)n2)cc1. The first-order chi connectivity index (χ1) is 27.7. The fourth-order valence-corrected chi connectivity index (χ4v) is 9.34. The van der Waals surface area contributed by atoms with Crippen LogP contribution in [0.2, 0.25) is 0 Å². The van der Waals surface area contributed by atoms with Gasteiger partial charge in [0.2, 0.25) is 0 Å². The third-order valence-electron chi connectivity index (χ3n) is 12.9. The van der Waals surface area contributed by atoms with Crippen molar-refractivity contribution in [2.24, 2.45) is 0 Å². The van der Waals surface area contributed by atoms with Gasteiger partial charge in [-0.15, -0.1) is 0 Å². The third-order valence-corrected chi connectivity index (χ3v) is 12.9. The van der Waals surface area contributed by atoms with E-state index in [1.165, 1.54) is 57.2 Å². The maximum absolute atomic E-state index is 5.09. The standard InChI is InChI=1S/C54H47N3/c1-53(2)30-31-54(3,4)49-34-47-45(43-16-10-11-17-44(43)46(47)33-48(49)53)29-20-35-18-21-39(22-19-35)50-55-51(40-26-23-38(24-27-40)36-12-6-5-7-13-36)57-52(56-50)42-28-25-37-14-8-9-15-41(37)32-42/h5-19,21-28,32-34,45H,20,29-31H2,1-4H3. The summed E-state index contributed by atoms with van der Waals surface area (Å²) in [6.07, 6.45) is 4.50. The van der Waals surface area contributed by atoms with Gasteiger partial charge in [0.15, 0.2) is 17.5 Å². The number of fused-ring (bicyclic) bond motifs is 5. The van der Waals surface area contributed by atoms with Crippen LogP contribution in [0.1, 0.15) is 80.7 Å². The summed E-state index contributed by atoms with van der Waals surface area (Å²) in [5.74, 6) is 2.39. The van der Waals surface area contributed by atoms with Crippen molar-refractivity contribution >= 4 is 10.8 Å². The van der Waals surface area contributed by atoms with Crippen molar-refractivity contribution in [3.63, 3.8) is 0 Å². The molecule has 0 bridgehead atoms. The highest BCUT2D eigenvalue weighted by atomic mass is 15.0. The second-order valence-corrected chi connectivity index (χ2v) is 17.4. The maximum atomic E-state index is 5.09. The number of benzene rings is 7. The molecule has 8 aromatic rings. The molecule has 0 saturated carbocycles. The number of aryl methyl sites for hydroxylation is 1. The lowest BCUT2D eigenvalue weighted by molar-refractivity contribution is 0.331. The van der Waals surface area contributed by atoms with Crippen LogP contribution >= 0.6 is 0 Å². The first kappa shape index (κ1) is 35.2. The summed E-state index contributed by atoms with van der Waals surface area (Å²) in [6, 6.07) is 57.0. The van der Waals surface area contributed by atoms with Gasteiger partial charge in [-0.2, -0.15) is 0 Å². The molecule has 1 atom stereocenters. The Hall–Kier alpha value is -6.19. The molecule has 2 aliphatic rings. The Labute approximate surface area is 336 Å². The normalized spacial score (nSPS) is 16.2. The fourth-order valence-electron chi connectivity index (χ4n) is 9.34. The lowest BCUT2D eigenvalue weighted by Crippen LogP contribution is -2.34. The van der Waals surface area contributed by atoms with Crippen molar-refractivity contribution in [3.8, 4) is 56.4 Å². The van der Waals surface area contributed by atoms with E-state index in [4.69, 9.17) is 15.0 Å². The average molecular weight is 738 g/mol. The highest BCUT2D eigenvalue weighted by Gasteiger charge is 2.40. The number of aromatic nitrogens is 3. The predicted octanol–water partition coefficient (Wildman–Crippen LogP) is 13.8. The molecule has 0 aliphatic heterocycles. The van der Waals surface area contributed by atoms with Gasteiger partial charge in [-0.3, -0.25) is 0 Å².